The van der Waals surface area contributed by atoms with Crippen LogP contribution in [-0.4, -0.2) is 17.4 Å². The standard InChI is InChI=1S/C22H20N5O2/c1-16-3-9-19(10-4-16)25-15-26(20-11-5-17(2)6-12-20)24-22(23-25)18-7-13-21(14-8-18)27(28)29/h3-14H,15H2,1-2H3. The molecule has 0 aliphatic carbocycles. The maximum atomic E-state index is 11.0. The maximum absolute atomic E-state index is 11.0. The lowest BCUT2D eigenvalue weighted by molar-refractivity contribution is -0.384. The Hall–Kier alpha value is -3.87. The van der Waals surface area contributed by atoms with Gasteiger partial charge in [0.05, 0.1) is 16.3 Å². The minimum absolute atomic E-state index is 0.0379. The lowest BCUT2D eigenvalue weighted by Crippen LogP contribution is -2.48. The molecule has 1 aliphatic rings. The molecule has 29 heavy (non-hydrogen) atoms. The van der Waals surface area contributed by atoms with Crippen LogP contribution in [0.25, 0.3) is 0 Å². The van der Waals surface area contributed by atoms with Gasteiger partial charge in [-0.1, -0.05) is 35.4 Å². The van der Waals surface area contributed by atoms with Gasteiger partial charge >= 0.3 is 0 Å². The molecule has 0 saturated heterocycles. The van der Waals surface area contributed by atoms with Crippen LogP contribution in [0.1, 0.15) is 16.7 Å². The smallest absolute Gasteiger partial charge is 0.258 e. The zero-order valence-corrected chi connectivity index (χ0v) is 16.2. The fourth-order valence-corrected chi connectivity index (χ4v) is 3.00. The van der Waals surface area contributed by atoms with Gasteiger partial charge in [0.15, 0.2) is 5.84 Å². The van der Waals surface area contributed by atoms with Crippen LogP contribution in [0.3, 0.4) is 0 Å². The molecule has 7 nitrogen and oxygen atoms in total. The molecule has 145 valence electrons. The Morgan fingerprint density at radius 2 is 1.31 bits per heavy atom. The lowest BCUT2D eigenvalue weighted by atomic mass is 10.2. The van der Waals surface area contributed by atoms with Crippen LogP contribution in [0, 0.1) is 24.0 Å². The second-order valence-corrected chi connectivity index (χ2v) is 6.94. The van der Waals surface area contributed by atoms with E-state index in [2.05, 4.69) is 0 Å². The highest BCUT2D eigenvalue weighted by Crippen LogP contribution is 2.24. The fourth-order valence-electron chi connectivity index (χ4n) is 3.00. The number of benzene rings is 3. The van der Waals surface area contributed by atoms with Crippen molar-refractivity contribution in [3.63, 3.8) is 0 Å². The molecule has 1 aliphatic heterocycles. The lowest BCUT2D eigenvalue weighted by Gasteiger charge is -2.34. The molecule has 1 heterocycles. The van der Waals surface area contributed by atoms with Crippen LogP contribution in [0.5, 0.6) is 0 Å². The number of anilines is 2. The number of aryl methyl sites for hydroxylation is 2. The highest BCUT2D eigenvalue weighted by molar-refractivity contribution is 6.00. The molecule has 0 spiro atoms. The number of hydrazone groups is 1. The molecule has 0 amide bonds. The predicted octanol–water partition coefficient (Wildman–Crippen LogP) is 4.38. The number of hydrogen-bond donors (Lipinski definition) is 0. The Morgan fingerprint density at radius 1 is 0.793 bits per heavy atom. The van der Waals surface area contributed by atoms with Crippen LogP contribution in [0.2, 0.25) is 0 Å². The molecular weight excluding hydrogens is 366 g/mol. The van der Waals surface area contributed by atoms with E-state index < -0.39 is 4.92 Å². The van der Waals surface area contributed by atoms with Crippen LogP contribution in [0.4, 0.5) is 17.1 Å². The molecule has 4 rings (SSSR count). The third kappa shape index (κ3) is 4.03. The van der Waals surface area contributed by atoms with Gasteiger partial charge in [0.25, 0.3) is 5.69 Å². The summed E-state index contributed by atoms with van der Waals surface area (Å²) in [5.41, 5.74) is 9.68. The van der Waals surface area contributed by atoms with Crippen molar-refractivity contribution in [2.45, 2.75) is 13.8 Å². The van der Waals surface area contributed by atoms with E-state index in [0.29, 0.717) is 18.1 Å². The van der Waals surface area contributed by atoms with Gasteiger partial charge in [0.1, 0.15) is 6.67 Å². The Morgan fingerprint density at radius 3 is 1.83 bits per heavy atom. The number of nitro groups is 1. The number of rotatable bonds is 4. The monoisotopic (exact) mass is 386 g/mol. The van der Waals surface area contributed by atoms with Crippen molar-refractivity contribution in [3.05, 3.63) is 99.6 Å². The van der Waals surface area contributed by atoms with Gasteiger partial charge in [-0.15, -0.1) is 10.5 Å². The summed E-state index contributed by atoms with van der Waals surface area (Å²) >= 11 is 0. The van der Waals surface area contributed by atoms with Crippen molar-refractivity contribution in [1.82, 2.24) is 5.43 Å². The van der Waals surface area contributed by atoms with Crippen molar-refractivity contribution >= 4 is 22.9 Å². The predicted molar refractivity (Wildman–Crippen MR) is 114 cm³/mol. The second-order valence-electron chi connectivity index (χ2n) is 6.94. The third-order valence-electron chi connectivity index (χ3n) is 4.70. The minimum Gasteiger partial charge on any atom is -0.258 e. The minimum atomic E-state index is -0.416. The quantitative estimate of drug-likeness (QED) is 0.493. The maximum Gasteiger partial charge on any atom is 0.269 e. The molecule has 0 saturated carbocycles. The van der Waals surface area contributed by atoms with Crippen LogP contribution in [0.15, 0.2) is 77.9 Å². The molecule has 0 fully saturated rings. The third-order valence-corrected chi connectivity index (χ3v) is 4.70. The fraction of sp³-hybridized carbons (Fsp3) is 0.136. The van der Waals surface area contributed by atoms with E-state index in [1.807, 2.05) is 72.4 Å². The highest BCUT2D eigenvalue weighted by Gasteiger charge is 2.24. The van der Waals surface area contributed by atoms with Gasteiger partial charge in [-0.2, -0.15) is 0 Å². The Balaban J connectivity index is 1.71. The molecule has 0 bridgehead atoms. The first-order valence-electron chi connectivity index (χ1n) is 9.23. The molecule has 1 radical (unpaired) electrons. The molecule has 3 aromatic rings. The van der Waals surface area contributed by atoms with Crippen molar-refractivity contribution in [1.29, 1.82) is 0 Å². The van der Waals surface area contributed by atoms with Gasteiger partial charge < -0.3 is 0 Å². The van der Waals surface area contributed by atoms with Crippen molar-refractivity contribution in [2.75, 3.05) is 16.7 Å². The zero-order valence-electron chi connectivity index (χ0n) is 16.2. The Kier molecular flexibility index (Phi) is 4.87. The molecule has 0 aromatic heterocycles. The Labute approximate surface area is 169 Å². The van der Waals surface area contributed by atoms with E-state index in [1.54, 1.807) is 12.1 Å². The van der Waals surface area contributed by atoms with Crippen molar-refractivity contribution < 1.29 is 4.92 Å². The SMILES string of the molecule is Cc1ccc(N2CN(c3ccc(C)cc3)N=C(c3ccc([N+](=O)[O-])cc3)[N]2)cc1. The van der Waals surface area contributed by atoms with Crippen LogP contribution < -0.4 is 15.4 Å². The molecule has 0 N–H and O–H groups in total. The van der Waals surface area contributed by atoms with E-state index in [0.717, 1.165) is 11.4 Å². The Bertz CT molecular complexity index is 1040. The van der Waals surface area contributed by atoms with Crippen molar-refractivity contribution in [2.24, 2.45) is 5.10 Å². The summed E-state index contributed by atoms with van der Waals surface area (Å²) < 4.78 is 0. The van der Waals surface area contributed by atoms with Gasteiger partial charge in [0.2, 0.25) is 0 Å². The second kappa shape index (κ2) is 7.63. The summed E-state index contributed by atoms with van der Waals surface area (Å²) in [6, 6.07) is 22.5. The molecular formula is C22H20N5O2. The molecule has 0 atom stereocenters. The van der Waals surface area contributed by atoms with E-state index >= 15 is 0 Å². The van der Waals surface area contributed by atoms with Crippen LogP contribution >= 0.6 is 0 Å². The summed E-state index contributed by atoms with van der Waals surface area (Å²) in [4.78, 5) is 10.5. The van der Waals surface area contributed by atoms with Crippen molar-refractivity contribution in [3.8, 4) is 0 Å². The number of non-ortho nitro benzene ring substituents is 1. The molecule has 7 heteroatoms. The summed E-state index contributed by atoms with van der Waals surface area (Å²) in [6.07, 6.45) is 0. The summed E-state index contributed by atoms with van der Waals surface area (Å²) in [7, 11) is 0. The van der Waals surface area contributed by atoms with E-state index in [-0.39, 0.29) is 5.69 Å². The average molecular weight is 386 g/mol. The van der Waals surface area contributed by atoms with E-state index in [9.17, 15) is 10.1 Å². The van der Waals surface area contributed by atoms with E-state index in [4.69, 9.17) is 10.5 Å². The average Bonchev–Trinajstić information content (AvgIpc) is 2.74. The zero-order chi connectivity index (χ0) is 20.4. The van der Waals surface area contributed by atoms with Crippen LogP contribution in [-0.2, 0) is 0 Å². The van der Waals surface area contributed by atoms with Gasteiger partial charge in [-0.25, -0.2) is 10.0 Å². The number of amidine groups is 1. The highest BCUT2D eigenvalue weighted by atomic mass is 16.6. The first kappa shape index (κ1) is 18.5. The number of nitro benzene ring substituents is 1. The molecule has 0 unspecified atom stereocenters. The summed E-state index contributed by atoms with van der Waals surface area (Å²) in [5.74, 6) is 0.493. The van der Waals surface area contributed by atoms with E-state index in [1.165, 1.54) is 23.3 Å². The summed E-state index contributed by atoms with van der Waals surface area (Å²) in [6.45, 7) is 4.54. The number of hydrogen-bond acceptors (Lipinski definition) is 5. The summed E-state index contributed by atoms with van der Waals surface area (Å²) in [5, 5.41) is 19.4. The molecule has 3 aromatic carbocycles. The topological polar surface area (TPSA) is 76.1 Å². The largest absolute Gasteiger partial charge is 0.269 e. The van der Waals surface area contributed by atoms with Gasteiger partial charge in [-0.05, 0) is 50.2 Å². The first-order chi connectivity index (χ1) is 14.0. The number of nitrogens with zero attached hydrogens (tertiary/aromatic N) is 5. The first-order valence-corrected chi connectivity index (χ1v) is 9.23. The van der Waals surface area contributed by atoms with Gasteiger partial charge in [-0.3, -0.25) is 10.1 Å². The van der Waals surface area contributed by atoms with Gasteiger partial charge in [0, 0.05) is 17.7 Å². The normalized spacial score (nSPS) is 13.7.